The van der Waals surface area contributed by atoms with Gasteiger partial charge in [0, 0.05) is 18.4 Å². The Morgan fingerprint density at radius 3 is 1.14 bits per heavy atom. The largest absolute Gasteiger partial charge is 2.00 e. The Kier molecular flexibility index (Phi) is 27.7. The first-order chi connectivity index (χ1) is 12.6. The number of hydrogen-bond acceptors (Lipinski definition) is 9. The SMILES string of the molecule is CCC(=O)[O-].O=C([O-])CC(O)(CC(=O)O)C(=O)O.[NH-]CC(=O)O.[NH-]CC(=O)O.[Zn+2]. The minimum absolute atomic E-state index is 0. The fourth-order valence-electron chi connectivity index (χ4n) is 0.703. The molecule has 0 saturated heterocycles. The molecule has 164 valence electrons. The number of aliphatic carboxylic acids is 6. The molecule has 0 saturated carbocycles. The first-order valence-corrected chi connectivity index (χ1v) is 6.89. The summed E-state index contributed by atoms with van der Waals surface area (Å²) >= 11 is 0. The van der Waals surface area contributed by atoms with E-state index in [1.807, 2.05) is 0 Å². The zero-order valence-corrected chi connectivity index (χ0v) is 18.2. The van der Waals surface area contributed by atoms with E-state index in [2.05, 4.69) is 0 Å². The second kappa shape index (κ2) is 21.6. The Labute approximate surface area is 176 Å². The van der Waals surface area contributed by atoms with Crippen LogP contribution in [0.1, 0.15) is 26.2 Å². The van der Waals surface area contributed by atoms with E-state index in [9.17, 15) is 39.0 Å². The van der Waals surface area contributed by atoms with E-state index in [1.165, 1.54) is 6.92 Å². The van der Waals surface area contributed by atoms with Crippen molar-refractivity contribution in [2.75, 3.05) is 13.1 Å². The van der Waals surface area contributed by atoms with Gasteiger partial charge >= 0.3 is 31.4 Å². The molecule has 7 N–H and O–H groups in total. The van der Waals surface area contributed by atoms with Crippen LogP contribution in [0.5, 0.6) is 0 Å². The van der Waals surface area contributed by atoms with Gasteiger partial charge in [0.1, 0.15) is 0 Å². The quantitative estimate of drug-likeness (QED) is 0.215. The van der Waals surface area contributed by atoms with Crippen LogP contribution in [0, 0.1) is 0 Å². The van der Waals surface area contributed by atoms with Crippen LogP contribution in [0.15, 0.2) is 0 Å². The van der Waals surface area contributed by atoms with Gasteiger partial charge in [0.2, 0.25) is 0 Å². The number of nitrogens with one attached hydrogen (secondary N) is 2. The second-order valence-electron chi connectivity index (χ2n) is 4.32. The minimum Gasteiger partial charge on any atom is -0.668 e. The van der Waals surface area contributed by atoms with Gasteiger partial charge < -0.3 is 56.8 Å². The van der Waals surface area contributed by atoms with Gasteiger partial charge in [-0.3, -0.25) is 14.4 Å². The van der Waals surface area contributed by atoms with Crippen LogP contribution < -0.4 is 10.2 Å². The minimum atomic E-state index is -2.80. The molecule has 0 rings (SSSR count). The van der Waals surface area contributed by atoms with Crippen molar-refractivity contribution < 1.29 is 84.0 Å². The monoisotopic (exact) mass is 476 g/mol. The molecule has 0 aliphatic rings. The molecule has 16 heteroatoms. The molecule has 29 heavy (non-hydrogen) atoms. The van der Waals surface area contributed by atoms with Crippen molar-refractivity contribution in [3.05, 3.63) is 11.5 Å². The molecule has 0 aliphatic carbocycles. The van der Waals surface area contributed by atoms with Gasteiger partial charge in [-0.2, -0.15) is 0 Å². The van der Waals surface area contributed by atoms with Crippen LogP contribution in [0.2, 0.25) is 0 Å². The van der Waals surface area contributed by atoms with Crippen molar-refractivity contribution in [3.8, 4) is 0 Å². The summed E-state index contributed by atoms with van der Waals surface area (Å²) in [7, 11) is 0. The van der Waals surface area contributed by atoms with Gasteiger partial charge in [-0.25, -0.2) is 4.79 Å². The summed E-state index contributed by atoms with van der Waals surface area (Å²) in [5, 5.41) is 59.8. The summed E-state index contributed by atoms with van der Waals surface area (Å²) in [5.41, 5.74) is 9.31. The third-order valence-corrected chi connectivity index (χ3v) is 1.87. The van der Waals surface area contributed by atoms with E-state index in [-0.39, 0.29) is 25.9 Å². The van der Waals surface area contributed by atoms with Gasteiger partial charge in [-0.15, -0.1) is 0 Å². The van der Waals surface area contributed by atoms with Crippen LogP contribution in [-0.2, 0) is 48.2 Å². The van der Waals surface area contributed by atoms with Crippen LogP contribution in [0.4, 0.5) is 0 Å². The molecule has 0 heterocycles. The third-order valence-electron chi connectivity index (χ3n) is 1.87. The van der Waals surface area contributed by atoms with Gasteiger partial charge in [-0.05, 0) is 6.42 Å². The predicted octanol–water partition coefficient (Wildman–Crippen LogP) is -3.19. The Hall–Kier alpha value is -2.68. The number of rotatable bonds is 8. The molecule has 0 amide bonds. The van der Waals surface area contributed by atoms with E-state index < -0.39 is 67.3 Å². The molecule has 0 bridgehead atoms. The molecule has 0 aromatic heterocycles. The number of carbonyl (C=O) groups excluding carboxylic acids is 2. The molecular formula is C13H20N2O13Zn-2. The number of carbonyl (C=O) groups is 6. The fraction of sp³-hybridized carbons (Fsp3) is 0.538. The standard InChI is InChI=1S/C6H8O7.C3H6O2.2C2H4NO2.Zn/c7-3(8)1-6(13,5(11)12)2-4(9)10;1-2-3(4)5;2*3-1-2(4)5;/h13H,1-2H2,(H,7,8)(H,9,10)(H,11,12);2H2,1H3,(H,4,5);2*3H,1H2,(H,4,5);/q;;2*-1;+2/p-2. The summed E-state index contributed by atoms with van der Waals surface area (Å²) in [5.74, 6) is -8.49. The maximum Gasteiger partial charge on any atom is 2.00 e. The van der Waals surface area contributed by atoms with Crippen molar-refractivity contribution in [3.63, 3.8) is 0 Å². The average molecular weight is 478 g/mol. The van der Waals surface area contributed by atoms with E-state index in [0.29, 0.717) is 0 Å². The van der Waals surface area contributed by atoms with Crippen LogP contribution in [0.25, 0.3) is 11.5 Å². The topological polar surface area (TPSA) is 297 Å². The van der Waals surface area contributed by atoms with E-state index in [0.717, 1.165) is 0 Å². The molecule has 15 nitrogen and oxygen atoms in total. The van der Waals surface area contributed by atoms with Gasteiger partial charge in [0.25, 0.3) is 11.9 Å². The number of carboxylic acids is 6. The summed E-state index contributed by atoms with van der Waals surface area (Å²) < 4.78 is 0. The molecule has 1 atom stereocenters. The second-order valence-corrected chi connectivity index (χ2v) is 4.32. The number of aliphatic hydroxyl groups is 1. The molecule has 0 spiro atoms. The Bertz CT molecular complexity index is 490. The van der Waals surface area contributed by atoms with Crippen molar-refractivity contribution in [1.29, 1.82) is 0 Å². The Morgan fingerprint density at radius 2 is 1.03 bits per heavy atom. The molecule has 0 aliphatic heterocycles. The Morgan fingerprint density at radius 1 is 0.759 bits per heavy atom. The van der Waals surface area contributed by atoms with E-state index in [1.54, 1.807) is 0 Å². The van der Waals surface area contributed by atoms with Crippen molar-refractivity contribution in [1.82, 2.24) is 0 Å². The van der Waals surface area contributed by atoms with Crippen molar-refractivity contribution in [2.45, 2.75) is 31.8 Å². The summed E-state index contributed by atoms with van der Waals surface area (Å²) in [6, 6.07) is 0. The van der Waals surface area contributed by atoms with E-state index >= 15 is 0 Å². The molecule has 1 unspecified atom stereocenters. The van der Waals surface area contributed by atoms with Crippen molar-refractivity contribution in [2.24, 2.45) is 0 Å². The third kappa shape index (κ3) is 36.9. The van der Waals surface area contributed by atoms with Gasteiger partial charge in [0.15, 0.2) is 5.60 Å². The van der Waals surface area contributed by atoms with E-state index in [4.69, 9.17) is 37.0 Å². The maximum absolute atomic E-state index is 10.3. The zero-order valence-electron chi connectivity index (χ0n) is 15.2. The summed E-state index contributed by atoms with van der Waals surface area (Å²) in [6.07, 6.45) is -2.33. The molecule has 0 radical (unpaired) electrons. The normalized spacial score (nSPS) is 10.3. The Balaban J connectivity index is -0.0000001000. The van der Waals surface area contributed by atoms with Crippen LogP contribution >= 0.6 is 0 Å². The maximum atomic E-state index is 10.3. The zero-order chi connectivity index (χ0) is 23.5. The predicted molar refractivity (Wildman–Crippen MR) is 83.4 cm³/mol. The van der Waals surface area contributed by atoms with Gasteiger partial charge in [-0.1, -0.05) is 20.0 Å². The van der Waals surface area contributed by atoms with Crippen molar-refractivity contribution >= 4 is 35.8 Å². The molecule has 0 aromatic rings. The van der Waals surface area contributed by atoms with Crippen LogP contribution in [-0.4, -0.2) is 80.0 Å². The smallest absolute Gasteiger partial charge is 0.668 e. The summed E-state index contributed by atoms with van der Waals surface area (Å²) in [4.78, 5) is 57.9. The number of carboxylic acid groups (broad SMARTS) is 6. The molecule has 0 fully saturated rings. The first-order valence-electron chi connectivity index (χ1n) is 6.89. The van der Waals surface area contributed by atoms with Gasteiger partial charge in [0.05, 0.1) is 6.42 Å². The fourth-order valence-corrected chi connectivity index (χ4v) is 0.703. The molecular weight excluding hydrogens is 458 g/mol. The average Bonchev–Trinajstić information content (AvgIpc) is 2.54. The number of hydrogen-bond donors (Lipinski definition) is 5. The first kappa shape index (κ1) is 37.1. The van der Waals surface area contributed by atoms with Crippen LogP contribution in [0.3, 0.4) is 0 Å². The molecule has 0 aromatic carbocycles. The summed E-state index contributed by atoms with van der Waals surface area (Å²) in [6.45, 7) is 0.481.